The van der Waals surface area contributed by atoms with Crippen LogP contribution in [0, 0.1) is 0 Å². The molecule has 110 valence electrons. The Bertz CT molecular complexity index is 483. The molecule has 0 saturated carbocycles. The van der Waals surface area contributed by atoms with E-state index < -0.39 is 5.97 Å². The zero-order valence-corrected chi connectivity index (χ0v) is 11.1. The van der Waals surface area contributed by atoms with Crippen LogP contribution in [-0.4, -0.2) is 76.9 Å². The Morgan fingerprint density at radius 1 is 1.45 bits per heavy atom. The maximum Gasteiger partial charge on any atom is 0.358 e. The maximum atomic E-state index is 11.7. The molecule has 9 nitrogen and oxygen atoms in total. The van der Waals surface area contributed by atoms with Gasteiger partial charge in [-0.1, -0.05) is 5.21 Å². The zero-order chi connectivity index (χ0) is 14.5. The highest BCUT2D eigenvalue weighted by atomic mass is 16.5. The number of amides is 1. The molecule has 1 N–H and O–H groups in total. The van der Waals surface area contributed by atoms with Gasteiger partial charge >= 0.3 is 5.97 Å². The fourth-order valence-corrected chi connectivity index (χ4v) is 1.77. The van der Waals surface area contributed by atoms with Crippen LogP contribution < -0.4 is 0 Å². The van der Waals surface area contributed by atoms with E-state index in [1.165, 1.54) is 10.9 Å². The van der Waals surface area contributed by atoms with Crippen molar-refractivity contribution in [2.45, 2.75) is 6.04 Å². The lowest BCUT2D eigenvalue weighted by Crippen LogP contribution is -2.52. The number of hydrogen-bond acceptors (Lipinski definition) is 6. The third kappa shape index (κ3) is 3.31. The molecule has 1 fully saturated rings. The van der Waals surface area contributed by atoms with Gasteiger partial charge in [0, 0.05) is 20.2 Å². The van der Waals surface area contributed by atoms with Gasteiger partial charge in [0.15, 0.2) is 5.69 Å². The summed E-state index contributed by atoms with van der Waals surface area (Å²) in [5.41, 5.74) is -0.0994. The first kappa shape index (κ1) is 14.4. The summed E-state index contributed by atoms with van der Waals surface area (Å²) in [5.74, 6) is -1.22. The van der Waals surface area contributed by atoms with E-state index >= 15 is 0 Å². The van der Waals surface area contributed by atoms with E-state index in [2.05, 4.69) is 10.3 Å². The molecule has 2 rings (SSSR count). The minimum Gasteiger partial charge on any atom is -0.476 e. The fraction of sp³-hybridized carbons (Fsp3) is 0.636. The second-order valence-corrected chi connectivity index (χ2v) is 4.39. The number of likely N-dealkylation sites (tertiary alicyclic amines) is 1. The van der Waals surface area contributed by atoms with Gasteiger partial charge in [-0.25, -0.2) is 9.48 Å². The first-order valence-electron chi connectivity index (χ1n) is 6.11. The molecule has 1 aromatic rings. The smallest absolute Gasteiger partial charge is 0.358 e. The van der Waals surface area contributed by atoms with Crippen LogP contribution in [0.1, 0.15) is 16.5 Å². The monoisotopic (exact) mass is 284 g/mol. The number of nitrogens with zero attached hydrogens (tertiary/aromatic N) is 4. The van der Waals surface area contributed by atoms with Crippen LogP contribution in [0.2, 0.25) is 0 Å². The SMILES string of the molecule is COCCOCC(=O)N1CC(n2cc(C(=O)O)nn2)C1. The van der Waals surface area contributed by atoms with Gasteiger partial charge in [0.1, 0.15) is 6.61 Å². The van der Waals surface area contributed by atoms with Crippen molar-refractivity contribution in [3.8, 4) is 0 Å². The topological polar surface area (TPSA) is 107 Å². The highest BCUT2D eigenvalue weighted by Gasteiger charge is 2.32. The van der Waals surface area contributed by atoms with Crippen molar-refractivity contribution < 1.29 is 24.2 Å². The van der Waals surface area contributed by atoms with Gasteiger partial charge in [-0.2, -0.15) is 0 Å². The first-order valence-corrected chi connectivity index (χ1v) is 6.11. The Hall–Kier alpha value is -2.00. The van der Waals surface area contributed by atoms with Gasteiger partial charge in [0.25, 0.3) is 0 Å². The molecular formula is C11H16N4O5. The second kappa shape index (κ2) is 6.44. The Morgan fingerprint density at radius 3 is 2.80 bits per heavy atom. The van der Waals surface area contributed by atoms with Crippen LogP contribution in [0.5, 0.6) is 0 Å². The van der Waals surface area contributed by atoms with Crippen LogP contribution in [-0.2, 0) is 14.3 Å². The number of hydrogen-bond donors (Lipinski definition) is 1. The number of ether oxygens (including phenoxy) is 2. The lowest BCUT2D eigenvalue weighted by atomic mass is 10.1. The molecule has 0 atom stereocenters. The van der Waals surface area contributed by atoms with E-state index in [1.807, 2.05) is 0 Å². The van der Waals surface area contributed by atoms with Crippen molar-refractivity contribution >= 4 is 11.9 Å². The summed E-state index contributed by atoms with van der Waals surface area (Å²) in [6.45, 7) is 1.81. The zero-order valence-electron chi connectivity index (χ0n) is 11.1. The van der Waals surface area contributed by atoms with E-state index in [0.717, 1.165) is 0 Å². The Balaban J connectivity index is 1.73. The van der Waals surface area contributed by atoms with Crippen molar-refractivity contribution in [2.24, 2.45) is 0 Å². The Morgan fingerprint density at radius 2 is 2.20 bits per heavy atom. The summed E-state index contributed by atoms with van der Waals surface area (Å²) in [6.07, 6.45) is 1.36. The molecule has 0 spiro atoms. The van der Waals surface area contributed by atoms with Gasteiger partial charge in [-0.3, -0.25) is 4.79 Å². The number of carbonyl (C=O) groups excluding carboxylic acids is 1. The van der Waals surface area contributed by atoms with Crippen molar-refractivity contribution in [2.75, 3.05) is 40.0 Å². The number of aromatic carboxylic acids is 1. The molecule has 0 radical (unpaired) electrons. The molecule has 1 amide bonds. The van der Waals surface area contributed by atoms with Gasteiger partial charge < -0.3 is 19.5 Å². The molecule has 1 aromatic heterocycles. The summed E-state index contributed by atoms with van der Waals surface area (Å²) in [4.78, 5) is 24.0. The number of carboxylic acid groups (broad SMARTS) is 1. The lowest BCUT2D eigenvalue weighted by Gasteiger charge is -2.38. The summed E-state index contributed by atoms with van der Waals surface area (Å²) in [6, 6.07) is -0.0291. The Kier molecular flexibility index (Phi) is 4.64. The molecule has 0 aliphatic carbocycles. The molecule has 1 saturated heterocycles. The predicted molar refractivity (Wildman–Crippen MR) is 65.3 cm³/mol. The molecule has 9 heteroatoms. The number of carbonyl (C=O) groups is 2. The number of methoxy groups -OCH3 is 1. The maximum absolute atomic E-state index is 11.7. The normalized spacial score (nSPS) is 15.2. The molecule has 20 heavy (non-hydrogen) atoms. The minimum absolute atomic E-state index is 0.0216. The quantitative estimate of drug-likeness (QED) is 0.641. The second-order valence-electron chi connectivity index (χ2n) is 4.39. The van der Waals surface area contributed by atoms with Crippen LogP contribution in [0.15, 0.2) is 6.20 Å². The third-order valence-electron chi connectivity index (χ3n) is 2.98. The molecule has 0 bridgehead atoms. The van der Waals surface area contributed by atoms with Crippen LogP contribution in [0.4, 0.5) is 0 Å². The molecule has 1 aliphatic heterocycles. The molecular weight excluding hydrogens is 268 g/mol. The van der Waals surface area contributed by atoms with Crippen molar-refractivity contribution in [3.63, 3.8) is 0 Å². The minimum atomic E-state index is -1.12. The van der Waals surface area contributed by atoms with E-state index in [4.69, 9.17) is 14.6 Å². The van der Waals surface area contributed by atoms with E-state index in [1.54, 1.807) is 12.0 Å². The third-order valence-corrected chi connectivity index (χ3v) is 2.98. The average Bonchev–Trinajstić information content (AvgIpc) is 2.82. The summed E-state index contributed by atoms with van der Waals surface area (Å²) >= 11 is 0. The van der Waals surface area contributed by atoms with Gasteiger partial charge in [-0.05, 0) is 0 Å². The number of aromatic nitrogens is 3. The molecule has 0 aromatic carbocycles. The molecule has 2 heterocycles. The summed E-state index contributed by atoms with van der Waals surface area (Å²) < 4.78 is 11.4. The van der Waals surface area contributed by atoms with Gasteiger partial charge in [0.2, 0.25) is 5.91 Å². The molecule has 0 unspecified atom stereocenters. The fourth-order valence-electron chi connectivity index (χ4n) is 1.77. The number of carboxylic acids is 1. The van der Waals surface area contributed by atoms with Crippen molar-refractivity contribution in [1.29, 1.82) is 0 Å². The standard InChI is InChI=1S/C11H16N4O5/c1-19-2-3-20-7-10(16)14-4-8(5-14)15-6-9(11(17)18)12-13-15/h6,8H,2-5,7H2,1H3,(H,17,18). The van der Waals surface area contributed by atoms with Crippen molar-refractivity contribution in [3.05, 3.63) is 11.9 Å². The highest BCUT2D eigenvalue weighted by molar-refractivity contribution is 5.84. The van der Waals surface area contributed by atoms with E-state index in [-0.39, 0.29) is 24.2 Å². The summed E-state index contributed by atoms with van der Waals surface area (Å²) in [7, 11) is 1.56. The van der Waals surface area contributed by atoms with Crippen LogP contribution in [0.3, 0.4) is 0 Å². The van der Waals surface area contributed by atoms with Gasteiger partial charge in [0.05, 0.1) is 25.5 Å². The first-order chi connectivity index (χ1) is 9.61. The largest absolute Gasteiger partial charge is 0.476 e. The van der Waals surface area contributed by atoms with Crippen molar-refractivity contribution in [1.82, 2.24) is 19.9 Å². The van der Waals surface area contributed by atoms with E-state index in [0.29, 0.717) is 26.3 Å². The number of rotatable bonds is 7. The Labute approximate surface area is 115 Å². The van der Waals surface area contributed by atoms with Crippen LogP contribution >= 0.6 is 0 Å². The summed E-state index contributed by atoms with van der Waals surface area (Å²) in [5, 5.41) is 16.0. The van der Waals surface area contributed by atoms with E-state index in [9.17, 15) is 9.59 Å². The van der Waals surface area contributed by atoms with Crippen LogP contribution in [0.25, 0.3) is 0 Å². The average molecular weight is 284 g/mol. The molecule has 1 aliphatic rings. The highest BCUT2D eigenvalue weighted by Crippen LogP contribution is 2.20. The lowest BCUT2D eigenvalue weighted by molar-refractivity contribution is -0.142. The predicted octanol–water partition coefficient (Wildman–Crippen LogP) is -0.977. The van der Waals surface area contributed by atoms with Gasteiger partial charge in [-0.15, -0.1) is 5.10 Å².